The zero-order chi connectivity index (χ0) is 21.3. The van der Waals surface area contributed by atoms with Crippen LogP contribution in [0.1, 0.15) is 23.9 Å². The second kappa shape index (κ2) is 7.33. The fraction of sp³-hybridized carbons (Fsp3) is 0.190. The highest BCUT2D eigenvalue weighted by Gasteiger charge is 2.49. The van der Waals surface area contributed by atoms with Gasteiger partial charge in [0.05, 0.1) is 25.3 Å². The van der Waals surface area contributed by atoms with Crippen LogP contribution in [-0.2, 0) is 16.9 Å². The monoisotopic (exact) mass is 403 g/mol. The molecule has 0 spiro atoms. The molecule has 0 radical (unpaired) electrons. The van der Waals surface area contributed by atoms with E-state index in [1.165, 1.54) is 0 Å². The van der Waals surface area contributed by atoms with E-state index in [0.717, 1.165) is 4.90 Å². The first-order valence-electron chi connectivity index (χ1n) is 9.06. The van der Waals surface area contributed by atoms with Gasteiger partial charge in [-0.1, -0.05) is 17.3 Å². The first-order valence-corrected chi connectivity index (χ1v) is 9.06. The summed E-state index contributed by atoms with van der Waals surface area (Å²) in [6.07, 6.45) is 0. The Morgan fingerprint density at radius 2 is 2.00 bits per heavy atom. The molecule has 30 heavy (non-hydrogen) atoms. The summed E-state index contributed by atoms with van der Waals surface area (Å²) in [7, 11) is 1.57. The maximum atomic E-state index is 13.0. The molecule has 2 aromatic carbocycles. The van der Waals surface area contributed by atoms with E-state index in [1.54, 1.807) is 62.6 Å². The number of benzene rings is 2. The van der Waals surface area contributed by atoms with Gasteiger partial charge in [-0.2, -0.15) is 10.2 Å². The minimum atomic E-state index is -1.29. The Hall–Kier alpha value is -4.19. The third-order valence-corrected chi connectivity index (χ3v) is 4.95. The van der Waals surface area contributed by atoms with Crippen molar-refractivity contribution in [3.8, 4) is 23.3 Å². The number of nitrogens with one attached hydrogen (secondary N) is 1. The van der Waals surface area contributed by atoms with Gasteiger partial charge < -0.3 is 14.6 Å². The van der Waals surface area contributed by atoms with Gasteiger partial charge in [0.15, 0.2) is 5.82 Å². The van der Waals surface area contributed by atoms with Crippen LogP contribution >= 0.6 is 0 Å². The number of carbonyl (C=O) groups excluding carboxylic acids is 2. The van der Waals surface area contributed by atoms with Crippen molar-refractivity contribution in [1.29, 1.82) is 5.26 Å². The third kappa shape index (κ3) is 3.24. The number of aromatic nitrogens is 2. The van der Waals surface area contributed by atoms with Crippen LogP contribution in [0.25, 0.3) is 11.5 Å². The van der Waals surface area contributed by atoms with E-state index in [2.05, 4.69) is 15.5 Å². The number of carbonyl (C=O) groups is 2. The van der Waals surface area contributed by atoms with E-state index in [9.17, 15) is 9.59 Å². The molecule has 1 atom stereocenters. The molecule has 1 unspecified atom stereocenters. The molecule has 9 nitrogen and oxygen atoms in total. The summed E-state index contributed by atoms with van der Waals surface area (Å²) >= 11 is 0. The van der Waals surface area contributed by atoms with E-state index in [0.29, 0.717) is 22.4 Å². The van der Waals surface area contributed by atoms with Crippen molar-refractivity contribution in [2.45, 2.75) is 19.0 Å². The van der Waals surface area contributed by atoms with E-state index in [1.807, 2.05) is 6.07 Å². The van der Waals surface area contributed by atoms with Crippen molar-refractivity contribution >= 4 is 11.9 Å². The number of ether oxygens (including phenoxy) is 1. The number of rotatable bonds is 5. The molecule has 1 aliphatic rings. The van der Waals surface area contributed by atoms with Gasteiger partial charge in [0.25, 0.3) is 11.8 Å². The zero-order valence-electron chi connectivity index (χ0n) is 16.2. The molecule has 1 saturated heterocycles. The van der Waals surface area contributed by atoms with Gasteiger partial charge in [0, 0.05) is 5.56 Å². The predicted octanol–water partition coefficient (Wildman–Crippen LogP) is 2.58. The van der Waals surface area contributed by atoms with Gasteiger partial charge in [-0.3, -0.25) is 9.69 Å². The number of nitriles is 1. The summed E-state index contributed by atoms with van der Waals surface area (Å²) < 4.78 is 10.4. The normalized spacial score (nSPS) is 18.2. The van der Waals surface area contributed by atoms with Crippen LogP contribution in [0.15, 0.2) is 53.1 Å². The van der Waals surface area contributed by atoms with Gasteiger partial charge in [-0.15, -0.1) is 0 Å². The van der Waals surface area contributed by atoms with Crippen molar-refractivity contribution in [3.05, 3.63) is 65.5 Å². The average molecular weight is 403 g/mol. The Morgan fingerprint density at radius 3 is 2.70 bits per heavy atom. The van der Waals surface area contributed by atoms with Crippen LogP contribution in [0.5, 0.6) is 5.75 Å². The minimum Gasteiger partial charge on any atom is -0.497 e. The number of hydrogen-bond acceptors (Lipinski definition) is 7. The van der Waals surface area contributed by atoms with Gasteiger partial charge in [0.1, 0.15) is 11.3 Å². The average Bonchev–Trinajstić information content (AvgIpc) is 3.33. The second-order valence-electron chi connectivity index (χ2n) is 6.88. The summed E-state index contributed by atoms with van der Waals surface area (Å²) in [5, 5.41) is 15.7. The maximum absolute atomic E-state index is 13.0. The molecule has 1 N–H and O–H groups in total. The Kier molecular flexibility index (Phi) is 4.68. The van der Waals surface area contributed by atoms with Crippen LogP contribution in [0, 0.1) is 11.3 Å². The lowest BCUT2D eigenvalue weighted by Crippen LogP contribution is -2.40. The zero-order valence-corrected chi connectivity index (χ0v) is 16.2. The number of nitrogens with zero attached hydrogens (tertiary/aromatic N) is 4. The first kappa shape index (κ1) is 19.1. The van der Waals surface area contributed by atoms with E-state index in [-0.39, 0.29) is 18.3 Å². The predicted molar refractivity (Wildman–Crippen MR) is 104 cm³/mol. The number of urea groups is 1. The summed E-state index contributed by atoms with van der Waals surface area (Å²) in [4.78, 5) is 30.9. The van der Waals surface area contributed by atoms with Crippen molar-refractivity contribution in [3.63, 3.8) is 0 Å². The Labute approximate surface area is 171 Å². The van der Waals surface area contributed by atoms with Crippen molar-refractivity contribution in [1.82, 2.24) is 20.4 Å². The lowest BCUT2D eigenvalue weighted by atomic mass is 9.91. The molecular formula is C21H17N5O4. The summed E-state index contributed by atoms with van der Waals surface area (Å²) in [5.74, 6) is 0.694. The highest BCUT2D eigenvalue weighted by molar-refractivity contribution is 6.07. The summed E-state index contributed by atoms with van der Waals surface area (Å²) in [6, 6.07) is 15.1. The van der Waals surface area contributed by atoms with Crippen LogP contribution in [0.4, 0.5) is 4.79 Å². The molecule has 1 aromatic heterocycles. The minimum absolute atomic E-state index is 0.141. The van der Waals surface area contributed by atoms with Crippen molar-refractivity contribution in [2.24, 2.45) is 0 Å². The second-order valence-corrected chi connectivity index (χ2v) is 6.88. The Balaban J connectivity index is 1.55. The van der Waals surface area contributed by atoms with Crippen LogP contribution in [0.3, 0.4) is 0 Å². The van der Waals surface area contributed by atoms with Gasteiger partial charge in [-0.05, 0) is 48.9 Å². The lowest BCUT2D eigenvalue weighted by Gasteiger charge is -2.22. The molecule has 1 aliphatic heterocycles. The fourth-order valence-corrected chi connectivity index (χ4v) is 3.25. The molecule has 0 aliphatic carbocycles. The molecule has 0 saturated carbocycles. The standard InChI is InChI=1S/C21H17N5O4/c1-21(15-5-3-4-13(10-15)11-22)19(27)26(20(28)24-21)12-17-23-18(30-25-17)14-6-8-16(29-2)9-7-14/h3-10H,12H2,1-2H3,(H,24,28). The molecular weight excluding hydrogens is 386 g/mol. The van der Waals surface area contributed by atoms with E-state index < -0.39 is 17.5 Å². The molecule has 9 heteroatoms. The maximum Gasteiger partial charge on any atom is 0.325 e. The number of amides is 3. The highest BCUT2D eigenvalue weighted by Crippen LogP contribution is 2.30. The smallest absolute Gasteiger partial charge is 0.325 e. The van der Waals surface area contributed by atoms with Crippen LogP contribution < -0.4 is 10.1 Å². The van der Waals surface area contributed by atoms with Crippen LogP contribution in [0.2, 0.25) is 0 Å². The quantitative estimate of drug-likeness (QED) is 0.650. The molecule has 0 bridgehead atoms. The fourth-order valence-electron chi connectivity index (χ4n) is 3.25. The Bertz CT molecular complexity index is 1160. The third-order valence-electron chi connectivity index (χ3n) is 4.95. The van der Waals surface area contributed by atoms with Crippen LogP contribution in [-0.4, -0.2) is 34.1 Å². The number of imide groups is 1. The summed E-state index contributed by atoms with van der Waals surface area (Å²) in [6.45, 7) is 1.46. The topological polar surface area (TPSA) is 121 Å². The van der Waals surface area contributed by atoms with Gasteiger partial charge in [0.2, 0.25) is 0 Å². The highest BCUT2D eigenvalue weighted by atomic mass is 16.5. The summed E-state index contributed by atoms with van der Waals surface area (Å²) in [5.41, 5.74) is 0.322. The molecule has 1 fully saturated rings. The van der Waals surface area contributed by atoms with Gasteiger partial charge >= 0.3 is 6.03 Å². The SMILES string of the molecule is COc1ccc(-c2nc(CN3C(=O)NC(C)(c4cccc(C#N)c4)C3=O)no2)cc1. The number of methoxy groups -OCH3 is 1. The molecule has 2 heterocycles. The van der Waals surface area contributed by atoms with E-state index >= 15 is 0 Å². The molecule has 150 valence electrons. The molecule has 3 aromatic rings. The Morgan fingerprint density at radius 1 is 1.23 bits per heavy atom. The van der Waals surface area contributed by atoms with Gasteiger partial charge in [-0.25, -0.2) is 4.79 Å². The number of hydrogen-bond donors (Lipinski definition) is 1. The molecule has 3 amide bonds. The molecule has 4 rings (SSSR count). The van der Waals surface area contributed by atoms with E-state index in [4.69, 9.17) is 14.5 Å². The lowest BCUT2D eigenvalue weighted by molar-refractivity contribution is -0.131. The van der Waals surface area contributed by atoms with Crippen molar-refractivity contribution in [2.75, 3.05) is 7.11 Å². The first-order chi connectivity index (χ1) is 14.4. The van der Waals surface area contributed by atoms with Crippen molar-refractivity contribution < 1.29 is 18.8 Å². The largest absolute Gasteiger partial charge is 0.497 e.